The van der Waals surface area contributed by atoms with Crippen molar-refractivity contribution < 1.29 is 9.47 Å². The van der Waals surface area contributed by atoms with Crippen LogP contribution in [0, 0.1) is 13.8 Å². The van der Waals surface area contributed by atoms with Gasteiger partial charge in [0.05, 0.1) is 24.4 Å². The Labute approximate surface area is 114 Å². The zero-order valence-electron chi connectivity index (χ0n) is 12.0. The molecule has 18 heavy (non-hydrogen) atoms. The summed E-state index contributed by atoms with van der Waals surface area (Å²) in [7, 11) is 3.44. The van der Waals surface area contributed by atoms with Crippen LogP contribution in [0.4, 0.5) is 0 Å². The molecule has 0 saturated carbocycles. The molecule has 0 radical (unpaired) electrons. The molecule has 0 aliphatic carbocycles. The van der Waals surface area contributed by atoms with E-state index in [1.807, 2.05) is 0 Å². The second-order valence-corrected chi connectivity index (χ2v) is 5.65. The fourth-order valence-corrected chi connectivity index (χ4v) is 3.02. The molecule has 4 nitrogen and oxygen atoms in total. The van der Waals surface area contributed by atoms with Crippen LogP contribution in [0.3, 0.4) is 0 Å². The summed E-state index contributed by atoms with van der Waals surface area (Å²) in [6.07, 6.45) is 0.941. The van der Waals surface area contributed by atoms with Crippen LogP contribution in [0.15, 0.2) is 0 Å². The average molecular weight is 272 g/mol. The third-order valence-electron chi connectivity index (χ3n) is 3.20. The fraction of sp³-hybridized carbons (Fsp3) is 0.769. The highest BCUT2D eigenvalue weighted by Gasteiger charge is 2.33. The van der Waals surface area contributed by atoms with Gasteiger partial charge in [-0.25, -0.2) is 4.98 Å². The number of thiazole rings is 1. The Morgan fingerprint density at radius 2 is 2.00 bits per heavy atom. The summed E-state index contributed by atoms with van der Waals surface area (Å²) in [5, 5.41) is 4.65. The van der Waals surface area contributed by atoms with Crippen LogP contribution in [-0.2, 0) is 15.0 Å². The van der Waals surface area contributed by atoms with Gasteiger partial charge >= 0.3 is 0 Å². The molecule has 0 amide bonds. The number of aromatic nitrogens is 1. The van der Waals surface area contributed by atoms with Gasteiger partial charge in [0.1, 0.15) is 5.01 Å². The molecule has 0 aliphatic rings. The highest BCUT2D eigenvalue weighted by atomic mass is 32.1. The first-order valence-corrected chi connectivity index (χ1v) is 7.08. The van der Waals surface area contributed by atoms with Gasteiger partial charge < -0.3 is 14.8 Å². The predicted molar refractivity (Wildman–Crippen MR) is 75.3 cm³/mol. The zero-order chi connectivity index (χ0) is 13.6. The topological polar surface area (TPSA) is 43.4 Å². The van der Waals surface area contributed by atoms with Gasteiger partial charge in [-0.1, -0.05) is 6.92 Å². The number of aryl methyl sites for hydroxylation is 2. The minimum Gasteiger partial charge on any atom is -0.383 e. The van der Waals surface area contributed by atoms with Gasteiger partial charge in [0, 0.05) is 25.6 Å². The van der Waals surface area contributed by atoms with E-state index in [9.17, 15) is 0 Å². The van der Waals surface area contributed by atoms with Gasteiger partial charge in [-0.05, 0) is 20.3 Å². The maximum Gasteiger partial charge on any atom is 0.116 e. The number of nitrogens with one attached hydrogen (secondary N) is 1. The Morgan fingerprint density at radius 1 is 1.28 bits per heavy atom. The summed E-state index contributed by atoms with van der Waals surface area (Å²) >= 11 is 1.75. The summed E-state index contributed by atoms with van der Waals surface area (Å²) in [4.78, 5) is 5.96. The highest BCUT2D eigenvalue weighted by Crippen LogP contribution is 2.30. The van der Waals surface area contributed by atoms with Crippen molar-refractivity contribution in [2.45, 2.75) is 32.7 Å². The Hall–Kier alpha value is -0.490. The molecule has 1 aromatic rings. The molecule has 0 spiro atoms. The maximum atomic E-state index is 5.40. The Bertz CT molecular complexity index is 348. The van der Waals surface area contributed by atoms with Crippen molar-refractivity contribution in [3.05, 3.63) is 15.6 Å². The van der Waals surface area contributed by atoms with Crippen molar-refractivity contribution in [1.82, 2.24) is 10.3 Å². The van der Waals surface area contributed by atoms with Gasteiger partial charge in [-0.3, -0.25) is 0 Å². The minimum atomic E-state index is -0.197. The minimum absolute atomic E-state index is 0.197. The second-order valence-electron chi connectivity index (χ2n) is 4.45. The monoisotopic (exact) mass is 272 g/mol. The quantitative estimate of drug-likeness (QED) is 0.737. The van der Waals surface area contributed by atoms with Gasteiger partial charge in [-0.2, -0.15) is 0 Å². The van der Waals surface area contributed by atoms with Crippen LogP contribution < -0.4 is 5.32 Å². The van der Waals surface area contributed by atoms with Crippen molar-refractivity contribution in [3.63, 3.8) is 0 Å². The molecule has 1 unspecified atom stereocenters. The Kier molecular flexibility index (Phi) is 6.21. The van der Waals surface area contributed by atoms with E-state index in [0.29, 0.717) is 13.2 Å². The largest absolute Gasteiger partial charge is 0.383 e. The average Bonchev–Trinajstić information content (AvgIpc) is 2.69. The normalized spacial score (nSPS) is 14.7. The van der Waals surface area contributed by atoms with Crippen LogP contribution >= 0.6 is 11.3 Å². The van der Waals surface area contributed by atoms with Gasteiger partial charge in [0.15, 0.2) is 0 Å². The molecule has 0 bridgehead atoms. The summed E-state index contributed by atoms with van der Waals surface area (Å²) < 4.78 is 10.5. The van der Waals surface area contributed by atoms with Crippen LogP contribution in [0.25, 0.3) is 0 Å². The molecule has 0 aliphatic heterocycles. The first-order valence-electron chi connectivity index (χ1n) is 6.27. The van der Waals surface area contributed by atoms with Crippen LogP contribution in [0.2, 0.25) is 0 Å². The lowest BCUT2D eigenvalue weighted by atomic mass is 9.98. The molecule has 1 heterocycles. The number of hydrogen-bond acceptors (Lipinski definition) is 5. The smallest absolute Gasteiger partial charge is 0.116 e. The number of ether oxygens (including phenoxy) is 2. The van der Waals surface area contributed by atoms with E-state index in [1.165, 1.54) is 4.88 Å². The van der Waals surface area contributed by atoms with E-state index < -0.39 is 0 Å². The van der Waals surface area contributed by atoms with E-state index >= 15 is 0 Å². The van der Waals surface area contributed by atoms with Crippen molar-refractivity contribution in [3.8, 4) is 0 Å². The third-order valence-corrected chi connectivity index (χ3v) is 4.48. The van der Waals surface area contributed by atoms with Crippen molar-refractivity contribution >= 4 is 11.3 Å². The number of methoxy groups -OCH3 is 2. The molecule has 104 valence electrons. The van der Waals surface area contributed by atoms with Gasteiger partial charge in [-0.15, -0.1) is 11.3 Å². The first kappa shape index (κ1) is 15.6. The van der Waals surface area contributed by atoms with Crippen molar-refractivity contribution in [1.29, 1.82) is 0 Å². The lowest BCUT2D eigenvalue weighted by Gasteiger charge is -2.31. The summed E-state index contributed by atoms with van der Waals surface area (Å²) in [5.74, 6) is 0. The lowest BCUT2D eigenvalue weighted by Crippen LogP contribution is -2.47. The van der Waals surface area contributed by atoms with E-state index in [-0.39, 0.29) is 5.54 Å². The lowest BCUT2D eigenvalue weighted by molar-refractivity contribution is 0.0952. The molecular weight excluding hydrogens is 248 g/mol. The van der Waals surface area contributed by atoms with Gasteiger partial charge in [0.2, 0.25) is 0 Å². The maximum absolute atomic E-state index is 5.40. The first-order chi connectivity index (χ1) is 8.59. The molecule has 1 rings (SSSR count). The molecule has 0 saturated heterocycles. The van der Waals surface area contributed by atoms with E-state index in [1.54, 1.807) is 25.6 Å². The van der Waals surface area contributed by atoms with Crippen LogP contribution in [-0.4, -0.2) is 39.0 Å². The van der Waals surface area contributed by atoms with E-state index in [4.69, 9.17) is 9.47 Å². The van der Waals surface area contributed by atoms with Crippen molar-refractivity contribution in [2.24, 2.45) is 0 Å². The molecule has 0 fully saturated rings. The third kappa shape index (κ3) is 3.51. The molecular formula is C13H24N2O2S. The van der Waals surface area contributed by atoms with Gasteiger partial charge in [0.25, 0.3) is 0 Å². The SMILES string of the molecule is CCC(COC)(NCCOC)c1nc(C)c(C)s1. The summed E-state index contributed by atoms with van der Waals surface area (Å²) in [6, 6.07) is 0. The van der Waals surface area contributed by atoms with Crippen LogP contribution in [0.1, 0.15) is 28.9 Å². The van der Waals surface area contributed by atoms with E-state index in [0.717, 1.165) is 23.7 Å². The number of hydrogen-bond donors (Lipinski definition) is 1. The van der Waals surface area contributed by atoms with Crippen molar-refractivity contribution in [2.75, 3.05) is 34.0 Å². The van der Waals surface area contributed by atoms with E-state index in [2.05, 4.69) is 31.1 Å². The fourth-order valence-electron chi connectivity index (χ4n) is 1.88. The summed E-state index contributed by atoms with van der Waals surface area (Å²) in [6.45, 7) is 8.43. The molecule has 1 atom stereocenters. The standard InChI is InChI=1S/C13H24N2O2S/c1-6-13(9-17-5,14-7-8-16-4)12-15-10(2)11(3)18-12/h14H,6-9H2,1-5H3. The summed E-state index contributed by atoms with van der Waals surface area (Å²) in [5.41, 5.74) is 0.911. The number of rotatable bonds is 8. The van der Waals surface area contributed by atoms with Crippen LogP contribution in [0.5, 0.6) is 0 Å². The second kappa shape index (κ2) is 7.19. The molecule has 1 aromatic heterocycles. The molecule has 5 heteroatoms. The molecule has 0 aromatic carbocycles. The Balaban J connectivity index is 2.94. The zero-order valence-corrected chi connectivity index (χ0v) is 12.8. The Morgan fingerprint density at radius 3 is 2.44 bits per heavy atom. The number of nitrogens with zero attached hydrogens (tertiary/aromatic N) is 1. The highest BCUT2D eigenvalue weighted by molar-refractivity contribution is 7.11. The predicted octanol–water partition coefficient (Wildman–Crippen LogP) is 2.25. The molecule has 1 N–H and O–H groups in total.